The second-order valence-corrected chi connectivity index (χ2v) is 9.73. The van der Waals surface area contributed by atoms with Gasteiger partial charge >= 0.3 is 0 Å². The fourth-order valence-corrected chi connectivity index (χ4v) is 4.96. The number of hydrogen-bond acceptors (Lipinski definition) is 4. The van der Waals surface area contributed by atoms with Crippen molar-refractivity contribution in [2.75, 3.05) is 44.7 Å². The minimum Gasteiger partial charge on any atom is -0.369 e. The molecule has 0 bridgehead atoms. The van der Waals surface area contributed by atoms with Gasteiger partial charge in [0.2, 0.25) is 10.0 Å². The van der Waals surface area contributed by atoms with E-state index in [2.05, 4.69) is 45.8 Å². The fourth-order valence-electron chi connectivity index (χ4n) is 3.86. The molecule has 5 nitrogen and oxygen atoms in total. The van der Waals surface area contributed by atoms with E-state index in [4.69, 9.17) is 0 Å². The highest BCUT2D eigenvalue weighted by atomic mass is 32.2. The molecule has 30 heavy (non-hydrogen) atoms. The van der Waals surface area contributed by atoms with E-state index in [0.717, 1.165) is 49.8 Å². The van der Waals surface area contributed by atoms with Crippen molar-refractivity contribution in [1.82, 2.24) is 9.62 Å². The Morgan fingerprint density at radius 2 is 1.57 bits per heavy atom. The number of sulfonamides is 1. The summed E-state index contributed by atoms with van der Waals surface area (Å²) in [5.41, 5.74) is 2.50. The van der Waals surface area contributed by atoms with Crippen molar-refractivity contribution in [3.63, 3.8) is 0 Å². The van der Waals surface area contributed by atoms with Gasteiger partial charge in [-0.3, -0.25) is 0 Å². The van der Waals surface area contributed by atoms with Gasteiger partial charge in [-0.05, 0) is 60.5 Å². The molecule has 0 saturated carbocycles. The second kappa shape index (κ2) is 9.16. The van der Waals surface area contributed by atoms with Crippen LogP contribution in [-0.4, -0.2) is 53.1 Å². The Hall–Kier alpha value is -2.41. The number of hydrogen-bond donors (Lipinski definition) is 1. The molecule has 1 heterocycles. The number of aryl methyl sites for hydroxylation is 1. The lowest BCUT2D eigenvalue weighted by Crippen LogP contribution is -2.44. The minimum atomic E-state index is -3.49. The van der Waals surface area contributed by atoms with Crippen LogP contribution in [0, 0.1) is 0 Å². The molecule has 0 unspecified atom stereocenters. The van der Waals surface area contributed by atoms with Crippen molar-refractivity contribution in [2.24, 2.45) is 0 Å². The first-order valence-corrected chi connectivity index (χ1v) is 12.0. The topological polar surface area (TPSA) is 52.6 Å². The Morgan fingerprint density at radius 1 is 0.867 bits per heavy atom. The number of piperazine rings is 1. The van der Waals surface area contributed by atoms with Gasteiger partial charge in [-0.2, -0.15) is 0 Å². The Kier molecular flexibility index (Phi) is 6.37. The average molecular weight is 424 g/mol. The zero-order valence-electron chi connectivity index (χ0n) is 17.4. The van der Waals surface area contributed by atoms with Crippen molar-refractivity contribution in [2.45, 2.75) is 17.7 Å². The van der Waals surface area contributed by atoms with Crippen LogP contribution in [0.1, 0.15) is 12.0 Å². The van der Waals surface area contributed by atoms with Crippen LogP contribution in [0.4, 0.5) is 5.69 Å². The highest BCUT2D eigenvalue weighted by molar-refractivity contribution is 7.89. The van der Waals surface area contributed by atoms with Crippen LogP contribution in [0.15, 0.2) is 71.6 Å². The maximum Gasteiger partial charge on any atom is 0.240 e. The average Bonchev–Trinajstić information content (AvgIpc) is 2.77. The number of nitrogens with zero attached hydrogens (tertiary/aromatic N) is 2. The van der Waals surface area contributed by atoms with E-state index in [0.29, 0.717) is 11.4 Å². The Balaban J connectivity index is 1.28. The van der Waals surface area contributed by atoms with Gasteiger partial charge in [0.15, 0.2) is 0 Å². The molecule has 1 fully saturated rings. The van der Waals surface area contributed by atoms with E-state index < -0.39 is 10.0 Å². The fraction of sp³-hybridized carbons (Fsp3) is 0.333. The third-order valence-corrected chi connectivity index (χ3v) is 7.23. The normalized spacial score (nSPS) is 15.6. The number of rotatable bonds is 7. The molecule has 4 rings (SSSR count). The van der Waals surface area contributed by atoms with E-state index in [9.17, 15) is 8.42 Å². The molecule has 0 spiro atoms. The van der Waals surface area contributed by atoms with Crippen molar-refractivity contribution in [1.29, 1.82) is 0 Å². The van der Waals surface area contributed by atoms with Crippen LogP contribution < -0.4 is 9.62 Å². The smallest absolute Gasteiger partial charge is 0.240 e. The van der Waals surface area contributed by atoms with Crippen LogP contribution in [-0.2, 0) is 16.4 Å². The number of benzene rings is 3. The van der Waals surface area contributed by atoms with Gasteiger partial charge in [-0.1, -0.05) is 42.5 Å². The Bertz CT molecular complexity index is 1090. The summed E-state index contributed by atoms with van der Waals surface area (Å²) in [6.07, 6.45) is 1.62. The zero-order chi connectivity index (χ0) is 21.0. The van der Waals surface area contributed by atoms with E-state index in [1.807, 2.05) is 30.3 Å². The van der Waals surface area contributed by atoms with E-state index >= 15 is 0 Å². The van der Waals surface area contributed by atoms with E-state index in [1.54, 1.807) is 12.1 Å². The van der Waals surface area contributed by atoms with Gasteiger partial charge in [-0.25, -0.2) is 13.1 Å². The third-order valence-electron chi connectivity index (χ3n) is 5.77. The van der Waals surface area contributed by atoms with Gasteiger partial charge in [0.1, 0.15) is 0 Å². The lowest BCUT2D eigenvalue weighted by Gasteiger charge is -2.34. The molecule has 0 amide bonds. The summed E-state index contributed by atoms with van der Waals surface area (Å²) in [5.74, 6) is 0. The molecule has 1 N–H and O–H groups in total. The van der Waals surface area contributed by atoms with Gasteiger partial charge in [0, 0.05) is 38.4 Å². The first kappa shape index (κ1) is 20.8. The highest BCUT2D eigenvalue weighted by Gasteiger charge is 2.15. The number of fused-ring (bicyclic) bond motifs is 1. The van der Waals surface area contributed by atoms with E-state index in [1.165, 1.54) is 11.3 Å². The van der Waals surface area contributed by atoms with Crippen LogP contribution in [0.5, 0.6) is 0 Å². The SMILES string of the molecule is CN1CCN(c2ccc(CCCNS(=O)(=O)c3ccc4ccccc4c3)cc2)CC1. The van der Waals surface area contributed by atoms with Crippen molar-refractivity contribution in [3.8, 4) is 0 Å². The summed E-state index contributed by atoms with van der Waals surface area (Å²) in [7, 11) is -1.33. The molecule has 158 valence electrons. The Morgan fingerprint density at radius 3 is 2.30 bits per heavy atom. The molecular formula is C24H29N3O2S. The van der Waals surface area contributed by atoms with Crippen LogP contribution in [0.2, 0.25) is 0 Å². The maximum atomic E-state index is 12.6. The molecule has 0 aliphatic carbocycles. The summed E-state index contributed by atoms with van der Waals surface area (Å²) in [6.45, 7) is 4.74. The first-order chi connectivity index (χ1) is 14.5. The van der Waals surface area contributed by atoms with Gasteiger partial charge in [0.25, 0.3) is 0 Å². The number of likely N-dealkylation sites (N-methyl/N-ethyl adjacent to an activating group) is 1. The standard InChI is InChI=1S/C24H29N3O2S/c1-26-15-17-27(18-16-26)23-11-8-20(9-12-23)5-4-14-25-30(28,29)24-13-10-21-6-2-3-7-22(21)19-24/h2-3,6-13,19,25H,4-5,14-18H2,1H3. The second-order valence-electron chi connectivity index (χ2n) is 7.97. The van der Waals surface area contributed by atoms with Crippen molar-refractivity contribution < 1.29 is 8.42 Å². The quantitative estimate of drug-likeness (QED) is 0.591. The van der Waals surface area contributed by atoms with Crippen LogP contribution in [0.3, 0.4) is 0 Å². The van der Waals surface area contributed by atoms with Crippen LogP contribution in [0.25, 0.3) is 10.8 Å². The van der Waals surface area contributed by atoms with Gasteiger partial charge in [-0.15, -0.1) is 0 Å². The predicted octanol–water partition coefficient (Wildman–Crippen LogP) is 3.50. The predicted molar refractivity (Wildman–Crippen MR) is 124 cm³/mol. The molecule has 1 aliphatic heterocycles. The molecule has 6 heteroatoms. The summed E-state index contributed by atoms with van der Waals surface area (Å²) in [4.78, 5) is 5.09. The molecule has 1 saturated heterocycles. The highest BCUT2D eigenvalue weighted by Crippen LogP contribution is 2.20. The molecular weight excluding hydrogens is 394 g/mol. The summed E-state index contributed by atoms with van der Waals surface area (Å²) < 4.78 is 28.0. The molecule has 0 radical (unpaired) electrons. The lowest BCUT2D eigenvalue weighted by atomic mass is 10.1. The zero-order valence-corrected chi connectivity index (χ0v) is 18.2. The van der Waals surface area contributed by atoms with Crippen molar-refractivity contribution >= 4 is 26.5 Å². The summed E-state index contributed by atoms with van der Waals surface area (Å²) in [5, 5.41) is 1.97. The van der Waals surface area contributed by atoms with E-state index in [-0.39, 0.29) is 0 Å². The molecule has 3 aromatic carbocycles. The minimum absolute atomic E-state index is 0.317. The Labute approximate surface area is 179 Å². The first-order valence-electron chi connectivity index (χ1n) is 10.5. The maximum absolute atomic E-state index is 12.6. The number of nitrogens with one attached hydrogen (secondary N) is 1. The molecule has 1 aliphatic rings. The lowest BCUT2D eigenvalue weighted by molar-refractivity contribution is 0.313. The van der Waals surface area contributed by atoms with Gasteiger partial charge in [0.05, 0.1) is 4.90 Å². The monoisotopic (exact) mass is 423 g/mol. The van der Waals surface area contributed by atoms with Gasteiger partial charge < -0.3 is 9.80 Å². The largest absolute Gasteiger partial charge is 0.369 e. The summed E-state index contributed by atoms with van der Waals surface area (Å²) in [6, 6.07) is 21.7. The van der Waals surface area contributed by atoms with Crippen molar-refractivity contribution in [3.05, 3.63) is 72.3 Å². The summed E-state index contributed by atoms with van der Waals surface area (Å²) >= 11 is 0. The van der Waals surface area contributed by atoms with Crippen LogP contribution >= 0.6 is 0 Å². The molecule has 3 aromatic rings. The molecule has 0 aromatic heterocycles. The molecule has 0 atom stereocenters. The number of anilines is 1. The third kappa shape index (κ3) is 5.01.